The van der Waals surface area contributed by atoms with E-state index in [9.17, 15) is 0 Å². The lowest BCUT2D eigenvalue weighted by Gasteiger charge is -2.09. The summed E-state index contributed by atoms with van der Waals surface area (Å²) in [5.41, 5.74) is 0. The van der Waals surface area contributed by atoms with Crippen LogP contribution < -0.4 is 10.6 Å². The summed E-state index contributed by atoms with van der Waals surface area (Å²) in [4.78, 5) is 8.43. The van der Waals surface area contributed by atoms with Crippen LogP contribution in [0.5, 0.6) is 0 Å². The lowest BCUT2D eigenvalue weighted by molar-refractivity contribution is 0.387. The van der Waals surface area contributed by atoms with Gasteiger partial charge < -0.3 is 15.2 Å². The van der Waals surface area contributed by atoms with Crippen LogP contribution in [-0.4, -0.2) is 29.2 Å². The first kappa shape index (κ1) is 16.1. The summed E-state index contributed by atoms with van der Waals surface area (Å²) in [7, 11) is 0. The molecule has 2 N–H and O–H groups in total. The maximum Gasteiger partial charge on any atom is 0.223 e. The number of aliphatic imine (C=N–C) groups is 1. The normalized spacial score (nSPS) is 10.9. The number of aromatic nitrogens is 2. The van der Waals surface area contributed by atoms with Crippen LogP contribution in [0.15, 0.2) is 9.52 Å². The van der Waals surface area contributed by atoms with Crippen molar-refractivity contribution in [1.29, 1.82) is 0 Å². The molecule has 0 saturated heterocycles. The number of nitrogens with one attached hydrogen (secondary N) is 2. The molecule has 0 fully saturated rings. The molecule has 0 aliphatic heterocycles. The van der Waals surface area contributed by atoms with Crippen molar-refractivity contribution in [3.05, 3.63) is 11.7 Å². The Kier molecular flexibility index (Phi) is 8.73. The van der Waals surface area contributed by atoms with Crippen LogP contribution >= 0.6 is 24.0 Å². The lowest BCUT2D eigenvalue weighted by Crippen LogP contribution is -2.37. The highest BCUT2D eigenvalue weighted by molar-refractivity contribution is 14.0. The molecule has 0 spiro atoms. The van der Waals surface area contributed by atoms with Gasteiger partial charge >= 0.3 is 0 Å². The second-order valence-corrected chi connectivity index (χ2v) is 3.35. The lowest BCUT2D eigenvalue weighted by atomic mass is 10.5. The molecule has 1 heterocycles. The minimum absolute atomic E-state index is 0. The third kappa shape index (κ3) is 6.44. The van der Waals surface area contributed by atoms with Gasteiger partial charge in [0.1, 0.15) is 6.54 Å². The summed E-state index contributed by atoms with van der Waals surface area (Å²) in [5.74, 6) is 1.95. The van der Waals surface area contributed by atoms with Gasteiger partial charge in [-0.25, -0.2) is 4.99 Å². The van der Waals surface area contributed by atoms with Gasteiger partial charge in [-0.05, 0) is 13.3 Å². The first-order chi connectivity index (χ1) is 7.76. The van der Waals surface area contributed by atoms with Crippen molar-refractivity contribution < 1.29 is 4.52 Å². The number of rotatable bonds is 5. The molecular weight excluding hydrogens is 333 g/mol. The van der Waals surface area contributed by atoms with Gasteiger partial charge in [-0.3, -0.25) is 0 Å². The third-order valence-electron chi connectivity index (χ3n) is 1.83. The summed E-state index contributed by atoms with van der Waals surface area (Å²) in [6, 6.07) is 0. The number of guanidine groups is 1. The molecule has 6 nitrogen and oxygen atoms in total. The Hall–Kier alpha value is -0.860. The van der Waals surface area contributed by atoms with E-state index in [4.69, 9.17) is 4.52 Å². The number of halogens is 1. The molecule has 1 aromatic rings. The molecule has 0 aliphatic carbocycles. The molecule has 0 bridgehead atoms. The zero-order chi connectivity index (χ0) is 11.8. The molecule has 98 valence electrons. The maximum absolute atomic E-state index is 4.87. The fourth-order valence-corrected chi connectivity index (χ4v) is 1.14. The fraction of sp³-hybridized carbons (Fsp3) is 0.700. The van der Waals surface area contributed by atoms with E-state index < -0.39 is 0 Å². The number of nitrogens with zero attached hydrogens (tertiary/aromatic N) is 3. The number of hydrogen-bond donors (Lipinski definition) is 2. The van der Waals surface area contributed by atoms with Crippen molar-refractivity contribution in [2.75, 3.05) is 13.1 Å². The van der Waals surface area contributed by atoms with Crippen LogP contribution in [0.3, 0.4) is 0 Å². The minimum Gasteiger partial charge on any atom is -0.357 e. The molecule has 17 heavy (non-hydrogen) atoms. The van der Waals surface area contributed by atoms with Crippen molar-refractivity contribution in [3.8, 4) is 0 Å². The molecule has 0 unspecified atom stereocenters. The van der Waals surface area contributed by atoms with Crippen molar-refractivity contribution in [2.24, 2.45) is 4.99 Å². The Morgan fingerprint density at radius 2 is 2.12 bits per heavy atom. The van der Waals surface area contributed by atoms with Crippen molar-refractivity contribution >= 4 is 29.9 Å². The van der Waals surface area contributed by atoms with E-state index in [0.29, 0.717) is 18.3 Å². The molecule has 0 radical (unpaired) electrons. The maximum atomic E-state index is 4.87. The standard InChI is InChI=1S/C10H19N5O.HI/c1-4-6-12-10(11-5-2)13-7-9-14-8(3)16-15-9;/h4-7H2,1-3H3,(H2,11,12,13);1H. The zero-order valence-corrected chi connectivity index (χ0v) is 12.8. The van der Waals surface area contributed by atoms with Crippen molar-refractivity contribution in [3.63, 3.8) is 0 Å². The average Bonchev–Trinajstić information content (AvgIpc) is 2.68. The van der Waals surface area contributed by atoms with E-state index in [-0.39, 0.29) is 24.0 Å². The van der Waals surface area contributed by atoms with Crippen LogP contribution in [0.1, 0.15) is 32.0 Å². The summed E-state index contributed by atoms with van der Waals surface area (Å²) >= 11 is 0. The minimum atomic E-state index is 0. The van der Waals surface area contributed by atoms with Crippen LogP contribution in [0.4, 0.5) is 0 Å². The molecule has 0 amide bonds. The Bertz CT molecular complexity index is 339. The highest BCUT2D eigenvalue weighted by Gasteiger charge is 2.01. The van der Waals surface area contributed by atoms with E-state index in [2.05, 4.69) is 32.7 Å². The molecule has 0 aromatic carbocycles. The number of aryl methyl sites for hydroxylation is 1. The largest absolute Gasteiger partial charge is 0.357 e. The summed E-state index contributed by atoms with van der Waals surface area (Å²) < 4.78 is 4.87. The first-order valence-electron chi connectivity index (χ1n) is 5.57. The van der Waals surface area contributed by atoms with Crippen molar-refractivity contribution in [1.82, 2.24) is 20.8 Å². The van der Waals surface area contributed by atoms with E-state index in [1.54, 1.807) is 6.92 Å². The van der Waals surface area contributed by atoms with E-state index in [0.717, 1.165) is 25.5 Å². The smallest absolute Gasteiger partial charge is 0.223 e. The number of hydrogen-bond acceptors (Lipinski definition) is 4. The highest BCUT2D eigenvalue weighted by atomic mass is 127. The molecule has 7 heteroatoms. The monoisotopic (exact) mass is 353 g/mol. The van der Waals surface area contributed by atoms with Crippen LogP contribution in [-0.2, 0) is 6.54 Å². The predicted octanol–water partition coefficient (Wildman–Crippen LogP) is 1.46. The van der Waals surface area contributed by atoms with Gasteiger partial charge in [-0.1, -0.05) is 12.1 Å². The second kappa shape index (κ2) is 9.20. The molecule has 0 saturated carbocycles. The molecule has 0 aliphatic rings. The van der Waals surface area contributed by atoms with Gasteiger partial charge in [-0.15, -0.1) is 24.0 Å². The van der Waals surface area contributed by atoms with Gasteiger partial charge in [0, 0.05) is 20.0 Å². The quantitative estimate of drug-likeness (QED) is 0.476. The fourth-order valence-electron chi connectivity index (χ4n) is 1.14. The first-order valence-corrected chi connectivity index (χ1v) is 5.57. The topological polar surface area (TPSA) is 75.3 Å². The molecule has 0 atom stereocenters. The van der Waals surface area contributed by atoms with Gasteiger partial charge in [0.05, 0.1) is 0 Å². The van der Waals surface area contributed by atoms with Crippen LogP contribution in [0.2, 0.25) is 0 Å². The highest BCUT2D eigenvalue weighted by Crippen LogP contribution is 1.96. The SMILES string of the molecule is CCCNC(=NCc1noc(C)n1)NCC.I. The van der Waals surface area contributed by atoms with E-state index in [1.165, 1.54) is 0 Å². The average molecular weight is 353 g/mol. The Labute approximate surface area is 119 Å². The Morgan fingerprint density at radius 1 is 1.35 bits per heavy atom. The summed E-state index contributed by atoms with van der Waals surface area (Å²) in [5, 5.41) is 10.1. The van der Waals surface area contributed by atoms with E-state index in [1.807, 2.05) is 6.92 Å². The molecular formula is C10H20IN5O. The van der Waals surface area contributed by atoms with Gasteiger partial charge in [0.15, 0.2) is 11.8 Å². The van der Waals surface area contributed by atoms with Crippen molar-refractivity contribution in [2.45, 2.75) is 33.7 Å². The van der Waals surface area contributed by atoms with E-state index >= 15 is 0 Å². The van der Waals surface area contributed by atoms with Gasteiger partial charge in [-0.2, -0.15) is 4.98 Å². The Morgan fingerprint density at radius 3 is 2.65 bits per heavy atom. The van der Waals surface area contributed by atoms with Gasteiger partial charge in [0.2, 0.25) is 5.89 Å². The third-order valence-corrected chi connectivity index (χ3v) is 1.83. The van der Waals surface area contributed by atoms with Crippen LogP contribution in [0, 0.1) is 6.92 Å². The molecule has 1 aromatic heterocycles. The second-order valence-electron chi connectivity index (χ2n) is 3.35. The summed E-state index contributed by atoms with van der Waals surface area (Å²) in [6.07, 6.45) is 1.06. The molecule has 1 rings (SSSR count). The van der Waals surface area contributed by atoms with Crippen LogP contribution in [0.25, 0.3) is 0 Å². The summed E-state index contributed by atoms with van der Waals surface area (Å²) in [6.45, 7) is 8.07. The Balaban J connectivity index is 0.00000256. The zero-order valence-electron chi connectivity index (χ0n) is 10.5. The predicted molar refractivity (Wildman–Crippen MR) is 77.6 cm³/mol. The van der Waals surface area contributed by atoms with Gasteiger partial charge in [0.25, 0.3) is 0 Å².